The Hall–Kier alpha value is -2.28. The topological polar surface area (TPSA) is 75.2 Å². The highest BCUT2D eigenvalue weighted by Gasteiger charge is 2.38. The maximum atomic E-state index is 12.7. The van der Waals surface area contributed by atoms with Crippen LogP contribution in [0.1, 0.15) is 49.6 Å². The van der Waals surface area contributed by atoms with Crippen molar-refractivity contribution in [3.8, 4) is 0 Å². The van der Waals surface area contributed by atoms with Gasteiger partial charge in [-0.15, -0.1) is 10.2 Å². The Bertz CT molecular complexity index is 783. The third kappa shape index (κ3) is 3.77. The van der Waals surface area contributed by atoms with Crippen LogP contribution in [0.5, 0.6) is 0 Å². The molecule has 138 valence electrons. The van der Waals surface area contributed by atoms with Crippen LogP contribution in [0.2, 0.25) is 0 Å². The zero-order valence-electron chi connectivity index (χ0n) is 15.4. The normalized spacial score (nSPS) is 17.2. The number of carbonyl (C=O) groups is 2. The lowest BCUT2D eigenvalue weighted by molar-refractivity contribution is -0.129. The van der Waals surface area contributed by atoms with Gasteiger partial charge in [0.05, 0.1) is 0 Å². The van der Waals surface area contributed by atoms with Crippen LogP contribution in [0.3, 0.4) is 0 Å². The fourth-order valence-electron chi connectivity index (χ4n) is 3.18. The molecule has 6 nitrogen and oxygen atoms in total. The molecule has 1 aromatic carbocycles. The molecule has 2 amide bonds. The molecule has 1 fully saturated rings. The summed E-state index contributed by atoms with van der Waals surface area (Å²) in [6.45, 7) is 6.79. The van der Waals surface area contributed by atoms with Gasteiger partial charge in [0.1, 0.15) is 10.9 Å². The number of amides is 2. The van der Waals surface area contributed by atoms with E-state index in [9.17, 15) is 9.59 Å². The lowest BCUT2D eigenvalue weighted by Gasteiger charge is -2.16. The summed E-state index contributed by atoms with van der Waals surface area (Å²) in [5, 5.41) is 12.4. The lowest BCUT2D eigenvalue weighted by atomic mass is 10.1. The monoisotopic (exact) mass is 372 g/mol. The predicted octanol–water partition coefficient (Wildman–Crippen LogP) is 3.74. The maximum Gasteiger partial charge on any atom is 0.239 e. The van der Waals surface area contributed by atoms with E-state index in [-0.39, 0.29) is 11.8 Å². The van der Waals surface area contributed by atoms with Gasteiger partial charge in [0.2, 0.25) is 16.9 Å². The van der Waals surface area contributed by atoms with E-state index in [0.29, 0.717) is 24.0 Å². The first-order valence-electron chi connectivity index (χ1n) is 9.05. The Labute approximate surface area is 157 Å². The highest BCUT2D eigenvalue weighted by atomic mass is 32.1. The Kier molecular flexibility index (Phi) is 5.66. The van der Waals surface area contributed by atoms with E-state index in [1.54, 1.807) is 4.90 Å². The summed E-state index contributed by atoms with van der Waals surface area (Å²) < 4.78 is 0. The van der Waals surface area contributed by atoms with E-state index < -0.39 is 5.92 Å². The minimum absolute atomic E-state index is 0.156. The Morgan fingerprint density at radius 2 is 1.96 bits per heavy atom. The van der Waals surface area contributed by atoms with Gasteiger partial charge >= 0.3 is 0 Å². The van der Waals surface area contributed by atoms with Gasteiger partial charge in [-0.05, 0) is 38.3 Å². The zero-order valence-corrected chi connectivity index (χ0v) is 16.2. The molecule has 1 atom stereocenters. The fourth-order valence-corrected chi connectivity index (χ4v) is 4.20. The molecule has 2 heterocycles. The predicted molar refractivity (Wildman–Crippen MR) is 104 cm³/mol. The van der Waals surface area contributed by atoms with Crippen molar-refractivity contribution in [1.82, 2.24) is 10.2 Å². The van der Waals surface area contributed by atoms with Crippen molar-refractivity contribution in [2.75, 3.05) is 16.8 Å². The van der Waals surface area contributed by atoms with E-state index >= 15 is 0 Å². The molecule has 1 aromatic heterocycles. The third-order valence-electron chi connectivity index (χ3n) is 4.87. The third-order valence-corrected chi connectivity index (χ3v) is 5.87. The van der Waals surface area contributed by atoms with Crippen LogP contribution in [-0.2, 0) is 9.59 Å². The second kappa shape index (κ2) is 7.95. The number of benzene rings is 1. The lowest BCUT2D eigenvalue weighted by Crippen LogP contribution is -2.33. The number of aryl methyl sites for hydroxylation is 1. The molecule has 1 unspecified atom stereocenters. The summed E-state index contributed by atoms with van der Waals surface area (Å²) in [4.78, 5) is 26.9. The second-order valence-corrected chi connectivity index (χ2v) is 7.62. The van der Waals surface area contributed by atoms with Gasteiger partial charge < -0.3 is 4.90 Å². The average Bonchev–Trinajstić information content (AvgIpc) is 3.24. The number of anilines is 2. The van der Waals surface area contributed by atoms with E-state index in [2.05, 4.69) is 29.4 Å². The van der Waals surface area contributed by atoms with E-state index in [0.717, 1.165) is 29.1 Å². The molecule has 1 saturated heterocycles. The van der Waals surface area contributed by atoms with E-state index in [4.69, 9.17) is 0 Å². The van der Waals surface area contributed by atoms with E-state index in [1.807, 2.05) is 31.2 Å². The first-order chi connectivity index (χ1) is 12.5. The van der Waals surface area contributed by atoms with Gasteiger partial charge in [-0.1, -0.05) is 42.9 Å². The van der Waals surface area contributed by atoms with Gasteiger partial charge in [-0.3, -0.25) is 14.9 Å². The van der Waals surface area contributed by atoms with Crippen LogP contribution in [0, 0.1) is 12.8 Å². The molecule has 0 radical (unpaired) electrons. The molecule has 26 heavy (non-hydrogen) atoms. The van der Waals surface area contributed by atoms with Crippen molar-refractivity contribution in [3.05, 3.63) is 34.8 Å². The summed E-state index contributed by atoms with van der Waals surface area (Å²) in [7, 11) is 0. The first kappa shape index (κ1) is 18.5. The Morgan fingerprint density at radius 1 is 1.27 bits per heavy atom. The summed E-state index contributed by atoms with van der Waals surface area (Å²) in [6, 6.07) is 7.77. The largest absolute Gasteiger partial charge is 0.312 e. The van der Waals surface area contributed by atoms with E-state index in [1.165, 1.54) is 11.3 Å². The minimum atomic E-state index is -0.670. The molecule has 3 rings (SSSR count). The first-order valence-corrected chi connectivity index (χ1v) is 9.87. The number of hydrogen-bond donors (Lipinski definition) is 1. The summed E-state index contributed by atoms with van der Waals surface area (Å²) in [5.41, 5.74) is 1.97. The van der Waals surface area contributed by atoms with Crippen LogP contribution < -0.4 is 10.2 Å². The maximum absolute atomic E-state index is 12.7. The van der Waals surface area contributed by atoms with Crippen LogP contribution in [0.25, 0.3) is 0 Å². The standard InChI is InChI=1S/C19H24N4O2S/c1-4-13(5-2)17-21-22-19(26-17)20-16(24)15-10-11-23(18(15)25)14-8-6-12(3)7-9-14/h6-9,13,15H,4-5,10-11H2,1-3H3,(H,20,22,24). The zero-order chi connectivity index (χ0) is 18.7. The molecule has 0 spiro atoms. The molecule has 1 N–H and O–H groups in total. The van der Waals surface area contributed by atoms with Crippen molar-refractivity contribution in [3.63, 3.8) is 0 Å². The Balaban J connectivity index is 1.65. The molecule has 7 heteroatoms. The molecule has 2 aromatic rings. The van der Waals surface area contributed by atoms with Crippen LogP contribution in [0.15, 0.2) is 24.3 Å². The number of aromatic nitrogens is 2. The quantitative estimate of drug-likeness (QED) is 0.784. The highest BCUT2D eigenvalue weighted by molar-refractivity contribution is 7.15. The van der Waals surface area contributed by atoms with Gasteiger partial charge in [0.25, 0.3) is 0 Å². The smallest absolute Gasteiger partial charge is 0.239 e. The average molecular weight is 372 g/mol. The molecule has 0 bridgehead atoms. The van der Waals surface area contributed by atoms with Crippen molar-refractivity contribution in [1.29, 1.82) is 0 Å². The number of hydrogen-bond acceptors (Lipinski definition) is 5. The number of nitrogens with one attached hydrogen (secondary N) is 1. The molecule has 1 aliphatic heterocycles. The highest BCUT2D eigenvalue weighted by Crippen LogP contribution is 2.30. The number of rotatable bonds is 6. The number of nitrogens with zero attached hydrogens (tertiary/aromatic N) is 3. The summed E-state index contributed by atoms with van der Waals surface area (Å²) in [5.74, 6) is -0.756. The molecule has 0 saturated carbocycles. The molecule has 0 aliphatic carbocycles. The van der Waals surface area contributed by atoms with Gasteiger partial charge in [0.15, 0.2) is 0 Å². The van der Waals surface area contributed by atoms with Crippen molar-refractivity contribution >= 4 is 34.0 Å². The molecule has 1 aliphatic rings. The van der Waals surface area contributed by atoms with Crippen LogP contribution in [0.4, 0.5) is 10.8 Å². The molecular formula is C19H24N4O2S. The number of carbonyl (C=O) groups excluding carboxylic acids is 2. The van der Waals surface area contributed by atoms with Crippen LogP contribution >= 0.6 is 11.3 Å². The van der Waals surface area contributed by atoms with Gasteiger partial charge in [0, 0.05) is 18.2 Å². The Morgan fingerprint density at radius 3 is 2.62 bits per heavy atom. The minimum Gasteiger partial charge on any atom is -0.312 e. The van der Waals surface area contributed by atoms with Crippen molar-refractivity contribution in [2.45, 2.75) is 46.0 Å². The SMILES string of the molecule is CCC(CC)c1nnc(NC(=O)C2CCN(c3ccc(C)cc3)C2=O)s1. The second-order valence-electron chi connectivity index (χ2n) is 6.61. The van der Waals surface area contributed by atoms with Crippen molar-refractivity contribution in [2.24, 2.45) is 5.92 Å². The van der Waals surface area contributed by atoms with Gasteiger partial charge in [-0.2, -0.15) is 0 Å². The van der Waals surface area contributed by atoms with Crippen LogP contribution in [-0.4, -0.2) is 28.6 Å². The molecular weight excluding hydrogens is 348 g/mol. The van der Waals surface area contributed by atoms with Crippen molar-refractivity contribution < 1.29 is 9.59 Å². The summed E-state index contributed by atoms with van der Waals surface area (Å²) in [6.07, 6.45) is 2.49. The fraction of sp³-hybridized carbons (Fsp3) is 0.474. The van der Waals surface area contributed by atoms with Gasteiger partial charge in [-0.25, -0.2) is 0 Å². The summed E-state index contributed by atoms with van der Waals surface area (Å²) >= 11 is 1.40.